The summed E-state index contributed by atoms with van der Waals surface area (Å²) >= 11 is 0. The van der Waals surface area contributed by atoms with E-state index in [0.717, 1.165) is 39.0 Å². The van der Waals surface area contributed by atoms with Gasteiger partial charge in [-0.1, -0.05) is 6.92 Å². The van der Waals surface area contributed by atoms with Gasteiger partial charge in [0.25, 0.3) is 0 Å². The SMILES string of the molecule is CCCNc1nc(NCCC2CCCO2)nc(N(C)C)n1. The summed E-state index contributed by atoms with van der Waals surface area (Å²) in [6.45, 7) is 4.68. The molecule has 1 aliphatic heterocycles. The van der Waals surface area contributed by atoms with E-state index in [1.54, 1.807) is 0 Å². The minimum absolute atomic E-state index is 0.380. The Bertz CT molecular complexity index is 433. The monoisotopic (exact) mass is 294 g/mol. The van der Waals surface area contributed by atoms with Crippen LogP contribution < -0.4 is 15.5 Å². The van der Waals surface area contributed by atoms with Crippen LogP contribution in [0.2, 0.25) is 0 Å². The van der Waals surface area contributed by atoms with Crippen molar-refractivity contribution in [2.24, 2.45) is 0 Å². The van der Waals surface area contributed by atoms with Gasteiger partial charge >= 0.3 is 0 Å². The van der Waals surface area contributed by atoms with Crippen LogP contribution in [0.1, 0.15) is 32.6 Å². The molecule has 1 atom stereocenters. The molecule has 0 amide bonds. The molecule has 1 unspecified atom stereocenters. The number of nitrogens with zero attached hydrogens (tertiary/aromatic N) is 4. The molecule has 0 aromatic carbocycles. The van der Waals surface area contributed by atoms with Crippen LogP contribution in [0, 0.1) is 0 Å². The van der Waals surface area contributed by atoms with Crippen molar-refractivity contribution in [3.8, 4) is 0 Å². The van der Waals surface area contributed by atoms with E-state index in [-0.39, 0.29) is 0 Å². The van der Waals surface area contributed by atoms with Crippen molar-refractivity contribution < 1.29 is 4.74 Å². The summed E-state index contributed by atoms with van der Waals surface area (Å²) in [6, 6.07) is 0. The second-order valence-electron chi connectivity index (χ2n) is 5.45. The smallest absolute Gasteiger partial charge is 0.231 e. The summed E-state index contributed by atoms with van der Waals surface area (Å²) in [5, 5.41) is 6.48. The lowest BCUT2D eigenvalue weighted by atomic mass is 10.2. The van der Waals surface area contributed by atoms with Crippen LogP contribution in [0.15, 0.2) is 0 Å². The van der Waals surface area contributed by atoms with E-state index in [1.807, 2.05) is 19.0 Å². The van der Waals surface area contributed by atoms with E-state index < -0.39 is 0 Å². The van der Waals surface area contributed by atoms with Crippen molar-refractivity contribution in [3.05, 3.63) is 0 Å². The van der Waals surface area contributed by atoms with Gasteiger partial charge in [-0.25, -0.2) is 0 Å². The topological polar surface area (TPSA) is 75.2 Å². The molecule has 2 heterocycles. The molecule has 0 saturated carbocycles. The summed E-state index contributed by atoms with van der Waals surface area (Å²) < 4.78 is 5.62. The molecule has 1 aromatic heterocycles. The molecule has 118 valence electrons. The number of hydrogen-bond acceptors (Lipinski definition) is 7. The maximum atomic E-state index is 5.62. The highest BCUT2D eigenvalue weighted by Gasteiger charge is 2.15. The normalized spacial score (nSPS) is 17.8. The molecule has 1 saturated heterocycles. The molecule has 1 aliphatic rings. The third kappa shape index (κ3) is 5.00. The highest BCUT2D eigenvalue weighted by atomic mass is 16.5. The van der Waals surface area contributed by atoms with Crippen LogP contribution in [-0.4, -0.2) is 54.8 Å². The van der Waals surface area contributed by atoms with Crippen molar-refractivity contribution in [1.29, 1.82) is 0 Å². The highest BCUT2D eigenvalue weighted by Crippen LogP contribution is 2.16. The Labute approximate surface area is 126 Å². The second kappa shape index (κ2) is 7.97. The quantitative estimate of drug-likeness (QED) is 0.756. The zero-order chi connectivity index (χ0) is 15.1. The van der Waals surface area contributed by atoms with Crippen LogP contribution in [0.25, 0.3) is 0 Å². The largest absolute Gasteiger partial charge is 0.378 e. The number of hydrogen-bond donors (Lipinski definition) is 2. The first-order valence-electron chi connectivity index (χ1n) is 7.71. The number of nitrogens with one attached hydrogen (secondary N) is 2. The summed E-state index contributed by atoms with van der Waals surface area (Å²) in [7, 11) is 3.85. The molecule has 1 aromatic rings. The Morgan fingerprint density at radius 3 is 2.43 bits per heavy atom. The fourth-order valence-corrected chi connectivity index (χ4v) is 2.18. The molecule has 0 aliphatic carbocycles. The van der Waals surface area contributed by atoms with Crippen LogP contribution in [0.4, 0.5) is 17.8 Å². The minimum atomic E-state index is 0.380. The van der Waals surface area contributed by atoms with Crippen LogP contribution in [0.3, 0.4) is 0 Å². The van der Waals surface area contributed by atoms with E-state index in [1.165, 1.54) is 6.42 Å². The van der Waals surface area contributed by atoms with Gasteiger partial charge in [0.05, 0.1) is 6.10 Å². The predicted octanol–water partition coefficient (Wildman–Crippen LogP) is 1.74. The first-order chi connectivity index (χ1) is 10.2. The Hall–Kier alpha value is -1.63. The van der Waals surface area contributed by atoms with E-state index in [0.29, 0.717) is 23.9 Å². The molecule has 7 nitrogen and oxygen atoms in total. The van der Waals surface area contributed by atoms with Gasteiger partial charge in [-0.2, -0.15) is 15.0 Å². The predicted molar refractivity (Wildman–Crippen MR) is 85.0 cm³/mol. The zero-order valence-electron chi connectivity index (χ0n) is 13.2. The molecule has 2 rings (SSSR count). The van der Waals surface area contributed by atoms with E-state index in [9.17, 15) is 0 Å². The first kappa shape index (κ1) is 15.8. The van der Waals surface area contributed by atoms with Gasteiger partial charge in [0.2, 0.25) is 17.8 Å². The Balaban J connectivity index is 1.93. The number of ether oxygens (including phenoxy) is 1. The van der Waals surface area contributed by atoms with Gasteiger partial charge in [-0.3, -0.25) is 0 Å². The van der Waals surface area contributed by atoms with Crippen molar-refractivity contribution in [3.63, 3.8) is 0 Å². The first-order valence-corrected chi connectivity index (χ1v) is 7.71. The van der Waals surface area contributed by atoms with E-state index >= 15 is 0 Å². The lowest BCUT2D eigenvalue weighted by Crippen LogP contribution is -2.19. The van der Waals surface area contributed by atoms with Crippen molar-refractivity contribution >= 4 is 17.8 Å². The summed E-state index contributed by atoms with van der Waals surface area (Å²) in [6.07, 6.45) is 4.73. The standard InChI is InChI=1S/C14H26N6O/c1-4-8-15-12-17-13(19-14(18-12)20(2)3)16-9-7-11-6-5-10-21-11/h11H,4-10H2,1-3H3,(H2,15,16,17,18,19). The average Bonchev–Trinajstić information content (AvgIpc) is 2.98. The highest BCUT2D eigenvalue weighted by molar-refractivity contribution is 5.42. The maximum Gasteiger partial charge on any atom is 0.231 e. The Morgan fingerprint density at radius 1 is 1.14 bits per heavy atom. The average molecular weight is 294 g/mol. The van der Waals surface area contributed by atoms with Gasteiger partial charge in [0.1, 0.15) is 0 Å². The number of anilines is 3. The maximum absolute atomic E-state index is 5.62. The van der Waals surface area contributed by atoms with Gasteiger partial charge in [-0.05, 0) is 25.7 Å². The van der Waals surface area contributed by atoms with Gasteiger partial charge in [0.15, 0.2) is 0 Å². The molecule has 0 spiro atoms. The molecule has 7 heteroatoms. The third-order valence-electron chi connectivity index (χ3n) is 3.33. The van der Waals surface area contributed by atoms with Crippen LogP contribution >= 0.6 is 0 Å². The fraction of sp³-hybridized carbons (Fsp3) is 0.786. The van der Waals surface area contributed by atoms with Crippen LogP contribution in [0.5, 0.6) is 0 Å². The summed E-state index contributed by atoms with van der Waals surface area (Å²) in [5.74, 6) is 1.89. The lowest BCUT2D eigenvalue weighted by Gasteiger charge is -2.14. The lowest BCUT2D eigenvalue weighted by molar-refractivity contribution is 0.107. The summed E-state index contributed by atoms with van der Waals surface area (Å²) in [4.78, 5) is 15.1. The van der Waals surface area contributed by atoms with Gasteiger partial charge < -0.3 is 20.3 Å². The van der Waals surface area contributed by atoms with Gasteiger partial charge in [-0.15, -0.1) is 0 Å². The Kier molecular flexibility index (Phi) is 5.98. The molecule has 21 heavy (non-hydrogen) atoms. The molecule has 1 fully saturated rings. The number of rotatable bonds is 8. The van der Waals surface area contributed by atoms with Gasteiger partial charge in [0, 0.05) is 33.8 Å². The third-order valence-corrected chi connectivity index (χ3v) is 3.33. The van der Waals surface area contributed by atoms with E-state index in [4.69, 9.17) is 4.74 Å². The molecule has 0 bridgehead atoms. The van der Waals surface area contributed by atoms with Crippen molar-refractivity contribution in [1.82, 2.24) is 15.0 Å². The van der Waals surface area contributed by atoms with Crippen molar-refractivity contribution in [2.75, 3.05) is 49.3 Å². The molecule has 2 N–H and O–H groups in total. The van der Waals surface area contributed by atoms with E-state index in [2.05, 4.69) is 32.5 Å². The molecule has 0 radical (unpaired) electrons. The molecular formula is C14H26N6O. The zero-order valence-corrected chi connectivity index (χ0v) is 13.2. The second-order valence-corrected chi connectivity index (χ2v) is 5.45. The fourth-order valence-electron chi connectivity index (χ4n) is 2.18. The summed E-state index contributed by atoms with van der Waals surface area (Å²) in [5.41, 5.74) is 0. The number of aromatic nitrogens is 3. The van der Waals surface area contributed by atoms with Crippen LogP contribution in [-0.2, 0) is 4.74 Å². The Morgan fingerprint density at radius 2 is 1.86 bits per heavy atom. The molecular weight excluding hydrogens is 268 g/mol. The minimum Gasteiger partial charge on any atom is -0.378 e. The van der Waals surface area contributed by atoms with Crippen molar-refractivity contribution in [2.45, 2.75) is 38.7 Å².